The first-order valence-electron chi connectivity index (χ1n) is 6.07. The third kappa shape index (κ3) is 3.65. The summed E-state index contributed by atoms with van der Waals surface area (Å²) in [6, 6.07) is 3.30. The van der Waals surface area contributed by atoms with Crippen molar-refractivity contribution in [2.24, 2.45) is 0 Å². The molecule has 0 atom stereocenters. The van der Waals surface area contributed by atoms with Gasteiger partial charge in [-0.15, -0.1) is 12.4 Å². The topological polar surface area (TPSA) is 98.2 Å². The van der Waals surface area contributed by atoms with E-state index in [0.717, 1.165) is 12.1 Å². The van der Waals surface area contributed by atoms with E-state index < -0.39 is 27.3 Å². The van der Waals surface area contributed by atoms with Crippen LogP contribution < -0.4 is 0 Å². The summed E-state index contributed by atoms with van der Waals surface area (Å²) in [5.41, 5.74) is -0.416. The number of nitrogens with zero attached hydrogens (tertiary/aromatic N) is 2. The third-order valence-electron chi connectivity index (χ3n) is 3.30. The fraction of sp³-hybridized carbons (Fsp3) is 0.417. The second-order valence-electron chi connectivity index (χ2n) is 4.69. The Morgan fingerprint density at radius 3 is 2.29 bits per heavy atom. The van der Waals surface area contributed by atoms with E-state index in [1.54, 1.807) is 0 Å². The molecule has 2 rings (SSSR count). The Morgan fingerprint density at radius 2 is 1.76 bits per heavy atom. The molecule has 2 N–H and O–H groups in total. The van der Waals surface area contributed by atoms with Crippen LogP contribution in [-0.4, -0.2) is 67.0 Å². The summed E-state index contributed by atoms with van der Waals surface area (Å²) in [4.78, 5) is 12.9. The Morgan fingerprint density at radius 1 is 1.19 bits per heavy atom. The molecule has 0 aliphatic carbocycles. The van der Waals surface area contributed by atoms with Crippen LogP contribution in [0.3, 0.4) is 0 Å². The molecule has 0 spiro atoms. The predicted molar refractivity (Wildman–Crippen MR) is 78.6 cm³/mol. The molecule has 0 bridgehead atoms. The number of benzene rings is 1. The number of piperazine rings is 1. The number of carbonyl (C=O) groups is 1. The first-order chi connectivity index (χ1) is 9.32. The Bertz CT molecular complexity index is 627. The van der Waals surface area contributed by atoms with Gasteiger partial charge in [-0.1, -0.05) is 0 Å². The molecule has 9 heteroatoms. The minimum Gasteiger partial charge on any atom is -0.507 e. The first kappa shape index (κ1) is 17.7. The third-order valence-corrected chi connectivity index (χ3v) is 5.19. The molecule has 7 nitrogen and oxygen atoms in total. The highest BCUT2D eigenvalue weighted by Crippen LogP contribution is 2.24. The predicted octanol–water partition coefficient (Wildman–Crippen LogP) is 0.448. The van der Waals surface area contributed by atoms with Gasteiger partial charge in [0.15, 0.2) is 0 Å². The highest BCUT2D eigenvalue weighted by atomic mass is 35.5. The number of carboxylic acids is 1. The van der Waals surface area contributed by atoms with Crippen molar-refractivity contribution < 1.29 is 23.4 Å². The number of rotatable bonds is 3. The van der Waals surface area contributed by atoms with Crippen molar-refractivity contribution in [1.82, 2.24) is 9.21 Å². The van der Waals surface area contributed by atoms with Crippen molar-refractivity contribution in [3.63, 3.8) is 0 Å². The maximum absolute atomic E-state index is 12.4. The van der Waals surface area contributed by atoms with Crippen molar-refractivity contribution in [1.29, 1.82) is 0 Å². The van der Waals surface area contributed by atoms with E-state index in [1.807, 2.05) is 11.9 Å². The fourth-order valence-electron chi connectivity index (χ4n) is 2.02. The molecular weight excluding hydrogens is 320 g/mol. The second kappa shape index (κ2) is 6.61. The molecule has 1 heterocycles. The Labute approximate surface area is 129 Å². The minimum absolute atomic E-state index is 0. The lowest BCUT2D eigenvalue weighted by Crippen LogP contribution is -2.47. The van der Waals surface area contributed by atoms with E-state index in [4.69, 9.17) is 5.11 Å². The average molecular weight is 337 g/mol. The van der Waals surface area contributed by atoms with E-state index in [9.17, 15) is 18.3 Å². The summed E-state index contributed by atoms with van der Waals surface area (Å²) in [7, 11) is -1.82. The molecule has 0 unspecified atom stereocenters. The molecular formula is C12H17ClN2O5S. The van der Waals surface area contributed by atoms with E-state index in [1.165, 1.54) is 10.4 Å². The van der Waals surface area contributed by atoms with Crippen LogP contribution in [0.15, 0.2) is 23.1 Å². The maximum atomic E-state index is 12.4. The lowest BCUT2D eigenvalue weighted by molar-refractivity contribution is 0.0693. The van der Waals surface area contributed by atoms with Crippen LogP contribution in [0, 0.1) is 0 Å². The van der Waals surface area contributed by atoms with Gasteiger partial charge >= 0.3 is 5.97 Å². The molecule has 118 valence electrons. The normalized spacial score (nSPS) is 17.2. The molecule has 1 aliphatic rings. The summed E-state index contributed by atoms with van der Waals surface area (Å²) >= 11 is 0. The van der Waals surface area contributed by atoms with Crippen molar-refractivity contribution >= 4 is 28.4 Å². The maximum Gasteiger partial charge on any atom is 0.339 e. The zero-order chi connectivity index (χ0) is 14.9. The van der Waals surface area contributed by atoms with E-state index in [2.05, 4.69) is 0 Å². The number of aromatic hydroxyl groups is 1. The van der Waals surface area contributed by atoms with Crippen molar-refractivity contribution in [3.8, 4) is 5.75 Å². The Kier molecular flexibility index (Phi) is 5.57. The first-order valence-corrected chi connectivity index (χ1v) is 7.51. The number of hydrogen-bond donors (Lipinski definition) is 2. The van der Waals surface area contributed by atoms with E-state index in [0.29, 0.717) is 26.2 Å². The standard InChI is InChI=1S/C12H16N2O5S.ClH/c1-13-4-6-14(7-5-13)20(18,19)9-2-3-11(15)10(8-9)12(16)17;/h2-3,8,15H,4-7H2,1H3,(H,16,17);1H. The van der Waals surface area contributed by atoms with Crippen LogP contribution in [0.1, 0.15) is 10.4 Å². The molecule has 0 saturated carbocycles. The van der Waals surface area contributed by atoms with Crippen LogP contribution in [0.5, 0.6) is 5.75 Å². The molecule has 0 radical (unpaired) electrons. The van der Waals surface area contributed by atoms with Crippen molar-refractivity contribution in [2.75, 3.05) is 33.2 Å². The van der Waals surface area contributed by atoms with Gasteiger partial charge in [0, 0.05) is 26.2 Å². The highest BCUT2D eigenvalue weighted by molar-refractivity contribution is 7.89. The molecule has 1 saturated heterocycles. The molecule has 1 aromatic carbocycles. The fourth-order valence-corrected chi connectivity index (χ4v) is 3.47. The average Bonchev–Trinajstić information content (AvgIpc) is 2.39. The minimum atomic E-state index is -3.73. The van der Waals surface area contributed by atoms with Crippen LogP contribution in [-0.2, 0) is 10.0 Å². The van der Waals surface area contributed by atoms with Crippen LogP contribution >= 0.6 is 12.4 Å². The van der Waals surface area contributed by atoms with Gasteiger partial charge in [-0.2, -0.15) is 4.31 Å². The molecule has 21 heavy (non-hydrogen) atoms. The van der Waals surface area contributed by atoms with Gasteiger partial charge in [-0.3, -0.25) is 0 Å². The molecule has 1 aromatic rings. The van der Waals surface area contributed by atoms with Gasteiger partial charge in [0.1, 0.15) is 11.3 Å². The number of sulfonamides is 1. The summed E-state index contributed by atoms with van der Waals surface area (Å²) in [5, 5.41) is 18.3. The summed E-state index contributed by atoms with van der Waals surface area (Å²) in [6.45, 7) is 1.98. The smallest absolute Gasteiger partial charge is 0.339 e. The molecule has 1 fully saturated rings. The van der Waals surface area contributed by atoms with Gasteiger partial charge in [-0.25, -0.2) is 13.2 Å². The van der Waals surface area contributed by atoms with E-state index >= 15 is 0 Å². The lowest BCUT2D eigenvalue weighted by Gasteiger charge is -2.31. The highest BCUT2D eigenvalue weighted by Gasteiger charge is 2.28. The zero-order valence-electron chi connectivity index (χ0n) is 11.4. The zero-order valence-corrected chi connectivity index (χ0v) is 13.0. The number of hydrogen-bond acceptors (Lipinski definition) is 5. The largest absolute Gasteiger partial charge is 0.507 e. The SMILES string of the molecule is CN1CCN(S(=O)(=O)c2ccc(O)c(C(=O)O)c2)CC1.Cl. The van der Waals surface area contributed by atoms with Gasteiger partial charge in [0.25, 0.3) is 0 Å². The number of halogens is 1. The Hall–Kier alpha value is -1.35. The molecule has 0 aromatic heterocycles. The summed E-state index contributed by atoms with van der Waals surface area (Å²) in [5.74, 6) is -1.81. The number of carboxylic acid groups (broad SMARTS) is 1. The van der Waals surface area contributed by atoms with Crippen LogP contribution in [0.2, 0.25) is 0 Å². The summed E-state index contributed by atoms with van der Waals surface area (Å²) < 4.78 is 26.2. The number of phenols is 1. The van der Waals surface area contributed by atoms with Crippen LogP contribution in [0.4, 0.5) is 0 Å². The monoisotopic (exact) mass is 336 g/mol. The number of aromatic carboxylic acids is 1. The summed E-state index contributed by atoms with van der Waals surface area (Å²) in [6.07, 6.45) is 0. The quantitative estimate of drug-likeness (QED) is 0.831. The molecule has 0 amide bonds. The van der Waals surface area contributed by atoms with Crippen molar-refractivity contribution in [3.05, 3.63) is 23.8 Å². The van der Waals surface area contributed by atoms with Crippen molar-refractivity contribution in [2.45, 2.75) is 4.90 Å². The lowest BCUT2D eigenvalue weighted by atomic mass is 10.2. The van der Waals surface area contributed by atoms with Gasteiger partial charge in [0.2, 0.25) is 10.0 Å². The van der Waals surface area contributed by atoms with Gasteiger partial charge < -0.3 is 15.1 Å². The number of likely N-dealkylation sites (N-methyl/N-ethyl adjacent to an activating group) is 1. The van der Waals surface area contributed by atoms with Gasteiger partial charge in [0.05, 0.1) is 4.90 Å². The van der Waals surface area contributed by atoms with Gasteiger partial charge in [-0.05, 0) is 25.2 Å². The molecule has 1 aliphatic heterocycles. The second-order valence-corrected chi connectivity index (χ2v) is 6.63. The van der Waals surface area contributed by atoms with E-state index in [-0.39, 0.29) is 17.3 Å². The van der Waals surface area contributed by atoms with Crippen LogP contribution in [0.25, 0.3) is 0 Å². The Balaban J connectivity index is 0.00000220.